The van der Waals surface area contributed by atoms with Crippen LogP contribution in [0.25, 0.3) is 0 Å². The summed E-state index contributed by atoms with van der Waals surface area (Å²) in [5, 5.41) is 0. The summed E-state index contributed by atoms with van der Waals surface area (Å²) in [5.41, 5.74) is 12.9. The maximum atomic E-state index is 11.2. The molecule has 1 heterocycles. The molecule has 0 radical (unpaired) electrons. The number of nitrogens with zero attached hydrogens (tertiary/aromatic N) is 1. The van der Waals surface area contributed by atoms with Crippen LogP contribution in [-0.4, -0.2) is 24.0 Å². The Hall–Kier alpha value is -1.14. The second-order valence-electron chi connectivity index (χ2n) is 4.36. The van der Waals surface area contributed by atoms with E-state index in [1.807, 2.05) is 18.2 Å². The molecule has 4 N–H and O–H groups in total. The lowest BCUT2D eigenvalue weighted by Crippen LogP contribution is -2.28. The van der Waals surface area contributed by atoms with Crippen LogP contribution >= 0.6 is 28.1 Å². The molecule has 0 aromatic heterocycles. The molecule has 1 aliphatic rings. The van der Waals surface area contributed by atoms with Crippen molar-refractivity contribution >= 4 is 44.7 Å². The highest BCUT2D eigenvalue weighted by molar-refractivity contribution is 9.10. The van der Waals surface area contributed by atoms with Gasteiger partial charge >= 0.3 is 0 Å². The van der Waals surface area contributed by atoms with Crippen molar-refractivity contribution in [3.05, 3.63) is 28.2 Å². The molecule has 1 amide bonds. The summed E-state index contributed by atoms with van der Waals surface area (Å²) >= 11 is 8.49. The molecule has 4 nitrogen and oxygen atoms in total. The summed E-state index contributed by atoms with van der Waals surface area (Å²) in [4.78, 5) is 13.7. The van der Waals surface area contributed by atoms with E-state index in [9.17, 15) is 4.79 Å². The monoisotopic (exact) mass is 327 g/mol. The van der Waals surface area contributed by atoms with Gasteiger partial charge in [-0.2, -0.15) is 0 Å². The first kappa shape index (κ1) is 13.3. The average Bonchev–Trinajstić information content (AvgIpc) is 2.77. The van der Waals surface area contributed by atoms with Gasteiger partial charge in [0, 0.05) is 28.8 Å². The Bertz CT molecular complexity index is 506. The molecule has 18 heavy (non-hydrogen) atoms. The summed E-state index contributed by atoms with van der Waals surface area (Å²) in [6.07, 6.45) is 0.776. The fraction of sp³-hybridized carbons (Fsp3) is 0.333. The minimum absolute atomic E-state index is 0.0943. The molecule has 0 aliphatic carbocycles. The molecule has 0 bridgehead atoms. The van der Waals surface area contributed by atoms with Gasteiger partial charge in [-0.15, -0.1) is 0 Å². The number of carbonyl (C=O) groups is 1. The molecule has 1 aliphatic heterocycles. The van der Waals surface area contributed by atoms with E-state index < -0.39 is 0 Å². The van der Waals surface area contributed by atoms with Crippen molar-refractivity contribution < 1.29 is 4.79 Å². The largest absolute Gasteiger partial charge is 0.389 e. The standard InChI is InChI=1S/C12H14BrN3OS/c13-8-1-2-9(12(15)18)10(5-8)16-4-3-7(6-16)11(14)17/h1-2,5,7H,3-4,6H2,(H2,14,17)(H2,15,18). The van der Waals surface area contributed by atoms with E-state index in [-0.39, 0.29) is 11.8 Å². The van der Waals surface area contributed by atoms with E-state index in [0.717, 1.165) is 28.7 Å². The van der Waals surface area contributed by atoms with E-state index >= 15 is 0 Å². The number of hydrogen-bond donors (Lipinski definition) is 2. The lowest BCUT2D eigenvalue weighted by Gasteiger charge is -2.21. The predicted octanol–water partition coefficient (Wildman–Crippen LogP) is 1.39. The molecular formula is C12H14BrN3OS. The Morgan fingerprint density at radius 2 is 2.17 bits per heavy atom. The number of nitrogens with two attached hydrogens (primary N) is 2. The second-order valence-corrected chi connectivity index (χ2v) is 5.72. The molecular weight excluding hydrogens is 314 g/mol. The highest BCUT2D eigenvalue weighted by Crippen LogP contribution is 2.29. The summed E-state index contributed by atoms with van der Waals surface area (Å²) in [7, 11) is 0. The average molecular weight is 328 g/mol. The fourth-order valence-electron chi connectivity index (χ4n) is 2.19. The highest BCUT2D eigenvalue weighted by Gasteiger charge is 2.28. The summed E-state index contributed by atoms with van der Waals surface area (Å²) in [6.45, 7) is 1.42. The third kappa shape index (κ3) is 2.64. The number of thiocarbonyl (C=S) groups is 1. The Morgan fingerprint density at radius 1 is 1.44 bits per heavy atom. The van der Waals surface area contributed by atoms with Crippen molar-refractivity contribution in [3.8, 4) is 0 Å². The van der Waals surface area contributed by atoms with E-state index in [1.54, 1.807) is 0 Å². The third-order valence-electron chi connectivity index (χ3n) is 3.16. The maximum absolute atomic E-state index is 11.2. The quantitative estimate of drug-likeness (QED) is 0.823. The van der Waals surface area contributed by atoms with Gasteiger partial charge in [-0.05, 0) is 24.6 Å². The van der Waals surface area contributed by atoms with Gasteiger partial charge in [-0.3, -0.25) is 4.79 Å². The second kappa shape index (κ2) is 5.24. The number of anilines is 1. The normalized spacial score (nSPS) is 18.9. The number of primary amides is 1. The zero-order chi connectivity index (χ0) is 13.3. The summed E-state index contributed by atoms with van der Waals surface area (Å²) in [6, 6.07) is 5.76. The third-order valence-corrected chi connectivity index (χ3v) is 3.87. The van der Waals surface area contributed by atoms with Crippen LogP contribution in [0.2, 0.25) is 0 Å². The zero-order valence-electron chi connectivity index (χ0n) is 9.73. The van der Waals surface area contributed by atoms with Crippen LogP contribution in [-0.2, 0) is 4.79 Å². The Labute approximate surface area is 119 Å². The number of carbonyl (C=O) groups excluding carboxylic acids is 1. The van der Waals surface area contributed by atoms with Crippen molar-refractivity contribution in [2.75, 3.05) is 18.0 Å². The molecule has 1 saturated heterocycles. The molecule has 1 aromatic carbocycles. The van der Waals surface area contributed by atoms with Crippen molar-refractivity contribution in [1.29, 1.82) is 0 Å². The van der Waals surface area contributed by atoms with E-state index in [4.69, 9.17) is 23.7 Å². The minimum Gasteiger partial charge on any atom is -0.389 e. The molecule has 1 atom stereocenters. The minimum atomic E-state index is -0.246. The first-order valence-corrected chi connectivity index (χ1v) is 6.83. The lowest BCUT2D eigenvalue weighted by molar-refractivity contribution is -0.121. The molecule has 96 valence electrons. The van der Waals surface area contributed by atoms with Crippen LogP contribution in [0.1, 0.15) is 12.0 Å². The molecule has 1 unspecified atom stereocenters. The maximum Gasteiger partial charge on any atom is 0.222 e. The summed E-state index contributed by atoms with van der Waals surface area (Å²) in [5.74, 6) is -0.340. The van der Waals surface area contributed by atoms with E-state index in [1.165, 1.54) is 0 Å². The molecule has 1 aromatic rings. The zero-order valence-corrected chi connectivity index (χ0v) is 12.1. The van der Waals surface area contributed by atoms with E-state index in [2.05, 4.69) is 20.8 Å². The van der Waals surface area contributed by atoms with Crippen molar-refractivity contribution in [1.82, 2.24) is 0 Å². The number of hydrogen-bond acceptors (Lipinski definition) is 3. The first-order chi connectivity index (χ1) is 8.49. The Balaban J connectivity index is 2.31. The van der Waals surface area contributed by atoms with Crippen LogP contribution in [0.5, 0.6) is 0 Å². The van der Waals surface area contributed by atoms with Crippen molar-refractivity contribution in [2.24, 2.45) is 17.4 Å². The van der Waals surface area contributed by atoms with Crippen LogP contribution < -0.4 is 16.4 Å². The summed E-state index contributed by atoms with van der Waals surface area (Å²) < 4.78 is 0.958. The van der Waals surface area contributed by atoms with Gasteiger partial charge in [0.25, 0.3) is 0 Å². The van der Waals surface area contributed by atoms with Crippen LogP contribution in [0.15, 0.2) is 22.7 Å². The molecule has 0 saturated carbocycles. The molecule has 1 fully saturated rings. The van der Waals surface area contributed by atoms with Gasteiger partial charge < -0.3 is 16.4 Å². The number of rotatable bonds is 3. The molecule has 0 spiro atoms. The predicted molar refractivity (Wildman–Crippen MR) is 79.5 cm³/mol. The highest BCUT2D eigenvalue weighted by atomic mass is 79.9. The van der Waals surface area contributed by atoms with Gasteiger partial charge in [-0.25, -0.2) is 0 Å². The number of amides is 1. The van der Waals surface area contributed by atoms with Gasteiger partial charge in [0.2, 0.25) is 5.91 Å². The van der Waals surface area contributed by atoms with Gasteiger partial charge in [0.1, 0.15) is 4.99 Å². The van der Waals surface area contributed by atoms with Crippen LogP contribution in [0.4, 0.5) is 5.69 Å². The number of benzene rings is 1. The van der Waals surface area contributed by atoms with Gasteiger partial charge in [0.05, 0.1) is 5.92 Å². The smallest absolute Gasteiger partial charge is 0.222 e. The topological polar surface area (TPSA) is 72.4 Å². The Morgan fingerprint density at radius 3 is 2.72 bits per heavy atom. The molecule has 6 heteroatoms. The SMILES string of the molecule is NC(=O)C1CCN(c2cc(Br)ccc2C(N)=S)C1. The molecule has 2 rings (SSSR count). The van der Waals surface area contributed by atoms with Gasteiger partial charge in [-0.1, -0.05) is 28.1 Å². The van der Waals surface area contributed by atoms with Crippen LogP contribution in [0.3, 0.4) is 0 Å². The van der Waals surface area contributed by atoms with E-state index in [0.29, 0.717) is 11.5 Å². The van der Waals surface area contributed by atoms with Crippen LogP contribution in [0, 0.1) is 5.92 Å². The lowest BCUT2D eigenvalue weighted by atomic mass is 10.1. The number of halogens is 1. The fourth-order valence-corrected chi connectivity index (χ4v) is 2.71. The Kier molecular flexibility index (Phi) is 3.87. The van der Waals surface area contributed by atoms with Crippen molar-refractivity contribution in [3.63, 3.8) is 0 Å². The van der Waals surface area contributed by atoms with Crippen molar-refractivity contribution in [2.45, 2.75) is 6.42 Å². The van der Waals surface area contributed by atoms with Gasteiger partial charge in [0.15, 0.2) is 0 Å². The first-order valence-electron chi connectivity index (χ1n) is 5.62.